The number of rotatable bonds is 2. The molecule has 0 aliphatic carbocycles. The van der Waals surface area contributed by atoms with E-state index in [-0.39, 0.29) is 5.76 Å². The normalized spacial score (nSPS) is 9.09. The van der Waals surface area contributed by atoms with Crippen LogP contribution in [-0.2, 0) is 4.84 Å². The van der Waals surface area contributed by atoms with Gasteiger partial charge < -0.3 is 4.42 Å². The van der Waals surface area contributed by atoms with Crippen LogP contribution in [0, 0.1) is 10.1 Å². The SMILES string of the molecule is O=C(O[N+](=O)[O-])c1ccco1. The molecule has 0 aliphatic heterocycles. The van der Waals surface area contributed by atoms with Crippen molar-refractivity contribution in [3.8, 4) is 0 Å². The number of hydrogen-bond acceptors (Lipinski definition) is 5. The van der Waals surface area contributed by atoms with Crippen LogP contribution in [0.1, 0.15) is 10.6 Å². The summed E-state index contributed by atoms with van der Waals surface area (Å²) in [6.45, 7) is 0. The van der Waals surface area contributed by atoms with Gasteiger partial charge in [-0.3, -0.25) is 4.79 Å². The molecule has 1 rings (SSSR count). The Labute approximate surface area is 60.5 Å². The highest BCUT2D eigenvalue weighted by Gasteiger charge is 2.12. The van der Waals surface area contributed by atoms with Gasteiger partial charge in [-0.25, -0.2) is 4.84 Å². The van der Waals surface area contributed by atoms with E-state index >= 15 is 0 Å². The third-order valence-electron chi connectivity index (χ3n) is 0.880. The van der Waals surface area contributed by atoms with Gasteiger partial charge in [0.05, 0.1) is 6.26 Å². The van der Waals surface area contributed by atoms with E-state index in [1.807, 2.05) is 0 Å². The molecule has 6 nitrogen and oxygen atoms in total. The molecule has 11 heavy (non-hydrogen) atoms. The lowest BCUT2D eigenvalue weighted by molar-refractivity contribution is -0.727. The van der Waals surface area contributed by atoms with Gasteiger partial charge in [0.2, 0.25) is 0 Å². The summed E-state index contributed by atoms with van der Waals surface area (Å²) in [6.07, 6.45) is 1.22. The van der Waals surface area contributed by atoms with Crippen molar-refractivity contribution in [2.75, 3.05) is 0 Å². The lowest BCUT2D eigenvalue weighted by Crippen LogP contribution is -2.09. The molecule has 0 radical (unpaired) electrons. The van der Waals surface area contributed by atoms with Crippen molar-refractivity contribution < 1.29 is 19.1 Å². The highest BCUT2D eigenvalue weighted by Crippen LogP contribution is 2.01. The monoisotopic (exact) mass is 157 g/mol. The Kier molecular flexibility index (Phi) is 1.86. The zero-order chi connectivity index (χ0) is 8.27. The molecule has 0 fully saturated rings. The predicted octanol–water partition coefficient (Wildman–Crippen LogP) is 0.628. The second kappa shape index (κ2) is 2.82. The van der Waals surface area contributed by atoms with Gasteiger partial charge in [-0.1, -0.05) is 0 Å². The molecule has 0 saturated carbocycles. The average Bonchev–Trinajstić information content (AvgIpc) is 2.35. The summed E-state index contributed by atoms with van der Waals surface area (Å²) >= 11 is 0. The molecule has 1 aromatic heterocycles. The van der Waals surface area contributed by atoms with Gasteiger partial charge in [-0.05, 0) is 12.1 Å². The highest BCUT2D eigenvalue weighted by molar-refractivity contribution is 5.85. The fourth-order valence-corrected chi connectivity index (χ4v) is 0.507. The van der Waals surface area contributed by atoms with Crippen molar-refractivity contribution in [1.82, 2.24) is 0 Å². The molecule has 0 aromatic carbocycles. The van der Waals surface area contributed by atoms with Gasteiger partial charge in [0, 0.05) is 0 Å². The minimum atomic E-state index is -1.19. The van der Waals surface area contributed by atoms with E-state index in [0.29, 0.717) is 0 Å². The Bertz CT molecular complexity index is 264. The summed E-state index contributed by atoms with van der Waals surface area (Å²) in [4.78, 5) is 23.8. The van der Waals surface area contributed by atoms with Crippen LogP contribution in [0.4, 0.5) is 0 Å². The molecular formula is C5H3NO5. The van der Waals surface area contributed by atoms with Crippen LogP contribution in [0.3, 0.4) is 0 Å². The Morgan fingerprint density at radius 1 is 1.73 bits per heavy atom. The molecule has 0 aliphatic rings. The van der Waals surface area contributed by atoms with Crippen LogP contribution in [0.5, 0.6) is 0 Å². The second-order valence-electron chi connectivity index (χ2n) is 1.58. The number of furan rings is 1. The van der Waals surface area contributed by atoms with Gasteiger partial charge in [0.15, 0.2) is 5.76 Å². The Balaban J connectivity index is 2.64. The Morgan fingerprint density at radius 2 is 2.45 bits per heavy atom. The molecule has 0 amide bonds. The number of carbonyl (C=O) groups excluding carboxylic acids is 1. The molecule has 0 unspecified atom stereocenters. The van der Waals surface area contributed by atoms with Crippen molar-refractivity contribution in [1.29, 1.82) is 0 Å². The number of carbonyl (C=O) groups is 1. The first kappa shape index (κ1) is 7.26. The van der Waals surface area contributed by atoms with E-state index < -0.39 is 11.1 Å². The number of nitrogens with zero attached hydrogens (tertiary/aromatic N) is 1. The molecule has 6 heteroatoms. The third-order valence-corrected chi connectivity index (χ3v) is 0.880. The fourth-order valence-electron chi connectivity index (χ4n) is 0.507. The van der Waals surface area contributed by atoms with Gasteiger partial charge in [0.25, 0.3) is 0 Å². The van der Waals surface area contributed by atoms with Crippen molar-refractivity contribution in [2.24, 2.45) is 0 Å². The summed E-state index contributed by atoms with van der Waals surface area (Å²) in [6, 6.07) is 2.70. The molecule has 0 N–H and O–H groups in total. The lowest BCUT2D eigenvalue weighted by atomic mass is 10.5. The summed E-state index contributed by atoms with van der Waals surface area (Å²) in [5, 5.41) is 8.44. The van der Waals surface area contributed by atoms with E-state index in [1.54, 1.807) is 0 Å². The zero-order valence-corrected chi connectivity index (χ0v) is 5.22. The van der Waals surface area contributed by atoms with Crippen LogP contribution < -0.4 is 0 Å². The first-order valence-corrected chi connectivity index (χ1v) is 2.60. The highest BCUT2D eigenvalue weighted by atomic mass is 17.0. The summed E-state index contributed by atoms with van der Waals surface area (Å²) in [7, 11) is 0. The molecule has 0 saturated heterocycles. The van der Waals surface area contributed by atoms with Crippen molar-refractivity contribution >= 4 is 5.97 Å². The molecule has 0 atom stereocenters. The minimum absolute atomic E-state index is 0.193. The van der Waals surface area contributed by atoms with Gasteiger partial charge in [-0.15, -0.1) is 10.1 Å². The van der Waals surface area contributed by atoms with E-state index in [4.69, 9.17) is 0 Å². The standard InChI is InChI=1S/C5H3NO5/c7-5(11-6(8)9)4-2-1-3-10-4/h1-3H. The Morgan fingerprint density at radius 3 is 2.91 bits per heavy atom. The van der Waals surface area contributed by atoms with Gasteiger partial charge >= 0.3 is 11.1 Å². The van der Waals surface area contributed by atoms with Crippen molar-refractivity contribution in [3.63, 3.8) is 0 Å². The first-order chi connectivity index (χ1) is 5.20. The maximum atomic E-state index is 10.6. The van der Waals surface area contributed by atoms with Crippen LogP contribution >= 0.6 is 0 Å². The smallest absolute Gasteiger partial charge is 0.369 e. The maximum Gasteiger partial charge on any atom is 0.369 e. The summed E-state index contributed by atoms with van der Waals surface area (Å²) < 4.78 is 4.52. The van der Waals surface area contributed by atoms with Crippen molar-refractivity contribution in [3.05, 3.63) is 34.3 Å². The molecule has 0 spiro atoms. The minimum Gasteiger partial charge on any atom is -0.459 e. The van der Waals surface area contributed by atoms with Crippen LogP contribution in [-0.4, -0.2) is 11.1 Å². The van der Waals surface area contributed by atoms with Crippen LogP contribution in [0.2, 0.25) is 0 Å². The van der Waals surface area contributed by atoms with Gasteiger partial charge in [0.1, 0.15) is 0 Å². The second-order valence-corrected chi connectivity index (χ2v) is 1.58. The van der Waals surface area contributed by atoms with Crippen LogP contribution in [0.15, 0.2) is 22.8 Å². The van der Waals surface area contributed by atoms with Crippen LogP contribution in [0.25, 0.3) is 0 Å². The molecular weight excluding hydrogens is 154 g/mol. The molecule has 58 valence electrons. The molecule has 0 bridgehead atoms. The third kappa shape index (κ3) is 1.78. The fraction of sp³-hybridized carbons (Fsp3) is 0. The van der Waals surface area contributed by atoms with Gasteiger partial charge in [-0.2, -0.15) is 0 Å². The maximum absolute atomic E-state index is 10.6. The Hall–Kier alpha value is -1.85. The van der Waals surface area contributed by atoms with E-state index in [1.165, 1.54) is 18.4 Å². The van der Waals surface area contributed by atoms with Crippen molar-refractivity contribution in [2.45, 2.75) is 0 Å². The first-order valence-electron chi connectivity index (χ1n) is 2.60. The van der Waals surface area contributed by atoms with E-state index in [9.17, 15) is 14.9 Å². The van der Waals surface area contributed by atoms with E-state index in [2.05, 4.69) is 9.25 Å². The summed E-state index contributed by atoms with van der Waals surface area (Å²) in [5.74, 6) is -1.30. The van der Waals surface area contributed by atoms with E-state index in [0.717, 1.165) is 0 Å². The zero-order valence-electron chi connectivity index (χ0n) is 5.22. The molecule has 1 aromatic rings. The largest absolute Gasteiger partial charge is 0.459 e. The number of hydrogen-bond donors (Lipinski definition) is 0. The predicted molar refractivity (Wildman–Crippen MR) is 31.1 cm³/mol. The lowest BCUT2D eigenvalue weighted by Gasteiger charge is -1.90. The average molecular weight is 157 g/mol. The molecule has 1 heterocycles. The topological polar surface area (TPSA) is 82.6 Å². The quantitative estimate of drug-likeness (QED) is 0.464. The summed E-state index contributed by atoms with van der Waals surface area (Å²) in [5.41, 5.74) is 0.